The van der Waals surface area contributed by atoms with Gasteiger partial charge in [-0.2, -0.15) is 11.3 Å². The summed E-state index contributed by atoms with van der Waals surface area (Å²) in [6, 6.07) is 1.94. The van der Waals surface area contributed by atoms with Gasteiger partial charge in [-0.25, -0.2) is 4.98 Å². The minimum Gasteiger partial charge on any atom is -0.313 e. The van der Waals surface area contributed by atoms with Gasteiger partial charge >= 0.3 is 0 Å². The van der Waals surface area contributed by atoms with Gasteiger partial charge in [-0.1, -0.05) is 0 Å². The number of aromatic amines is 1. The third kappa shape index (κ3) is 2.31. The Bertz CT molecular complexity index is 648. The van der Waals surface area contributed by atoms with E-state index in [0.717, 1.165) is 12.0 Å². The molecule has 6 heteroatoms. The summed E-state index contributed by atoms with van der Waals surface area (Å²) in [6.45, 7) is 0.631. The van der Waals surface area contributed by atoms with Gasteiger partial charge in [0.2, 0.25) is 5.91 Å². The summed E-state index contributed by atoms with van der Waals surface area (Å²) in [5.41, 5.74) is 1.48. The standard InChI is InChI=1S/C13H13N3O2S/c17-11(6-9-3-5-19-7-9)16-4-1-2-10-12(16)14-8-15-13(10)18/h3,5,7-8H,1-2,4,6H2,(H,14,15,18). The zero-order chi connectivity index (χ0) is 13.2. The number of carbonyl (C=O) groups excluding carboxylic acids is 1. The lowest BCUT2D eigenvalue weighted by Crippen LogP contribution is -2.39. The maximum Gasteiger partial charge on any atom is 0.256 e. The number of rotatable bonds is 2. The Morgan fingerprint density at radius 3 is 3.21 bits per heavy atom. The van der Waals surface area contributed by atoms with Crippen molar-refractivity contribution in [3.8, 4) is 0 Å². The van der Waals surface area contributed by atoms with E-state index < -0.39 is 0 Å². The molecule has 0 saturated heterocycles. The first kappa shape index (κ1) is 12.1. The van der Waals surface area contributed by atoms with E-state index in [2.05, 4.69) is 9.97 Å². The Labute approximate surface area is 113 Å². The highest BCUT2D eigenvalue weighted by molar-refractivity contribution is 7.08. The highest BCUT2D eigenvalue weighted by Gasteiger charge is 2.25. The van der Waals surface area contributed by atoms with E-state index >= 15 is 0 Å². The van der Waals surface area contributed by atoms with E-state index in [9.17, 15) is 9.59 Å². The average Bonchev–Trinajstić information content (AvgIpc) is 2.91. The van der Waals surface area contributed by atoms with Crippen LogP contribution in [0.5, 0.6) is 0 Å². The molecular formula is C13H13N3O2S. The Hall–Kier alpha value is -1.95. The number of amides is 1. The predicted octanol–water partition coefficient (Wildman–Crippen LogP) is 1.35. The van der Waals surface area contributed by atoms with Crippen LogP contribution in [0.2, 0.25) is 0 Å². The summed E-state index contributed by atoms with van der Waals surface area (Å²) in [5.74, 6) is 0.521. The predicted molar refractivity (Wildman–Crippen MR) is 73.6 cm³/mol. The number of nitrogens with one attached hydrogen (secondary N) is 1. The minimum atomic E-state index is -0.141. The number of fused-ring (bicyclic) bond motifs is 1. The fraction of sp³-hybridized carbons (Fsp3) is 0.308. The fourth-order valence-electron chi connectivity index (χ4n) is 2.30. The number of aromatic nitrogens is 2. The molecule has 0 spiro atoms. The normalized spacial score (nSPS) is 14.2. The van der Waals surface area contributed by atoms with Crippen LogP contribution in [0.3, 0.4) is 0 Å². The van der Waals surface area contributed by atoms with E-state index in [0.29, 0.717) is 30.8 Å². The summed E-state index contributed by atoms with van der Waals surface area (Å²) in [5, 5.41) is 3.92. The number of hydrogen-bond acceptors (Lipinski definition) is 4. The lowest BCUT2D eigenvalue weighted by atomic mass is 10.1. The Morgan fingerprint density at radius 2 is 2.42 bits per heavy atom. The molecule has 0 aromatic carbocycles. The number of anilines is 1. The maximum absolute atomic E-state index is 12.3. The van der Waals surface area contributed by atoms with Crippen molar-refractivity contribution in [2.24, 2.45) is 0 Å². The van der Waals surface area contributed by atoms with Crippen LogP contribution in [0, 0.1) is 0 Å². The monoisotopic (exact) mass is 275 g/mol. The van der Waals surface area contributed by atoms with Crippen molar-refractivity contribution in [2.45, 2.75) is 19.3 Å². The van der Waals surface area contributed by atoms with Gasteiger partial charge in [0.25, 0.3) is 5.56 Å². The van der Waals surface area contributed by atoms with Crippen LogP contribution in [0.4, 0.5) is 5.82 Å². The molecule has 3 rings (SSSR count). The molecule has 2 aromatic heterocycles. The number of carbonyl (C=O) groups is 1. The maximum atomic E-state index is 12.3. The molecule has 98 valence electrons. The van der Waals surface area contributed by atoms with Crippen LogP contribution in [0.25, 0.3) is 0 Å². The molecule has 5 nitrogen and oxygen atoms in total. The first-order valence-corrected chi connectivity index (χ1v) is 7.08. The van der Waals surface area contributed by atoms with Crippen LogP contribution in [-0.4, -0.2) is 22.4 Å². The van der Waals surface area contributed by atoms with Crippen LogP contribution >= 0.6 is 11.3 Å². The molecule has 0 radical (unpaired) electrons. The summed E-state index contributed by atoms with van der Waals surface area (Å²) in [4.78, 5) is 32.4. The average molecular weight is 275 g/mol. The van der Waals surface area contributed by atoms with Crippen LogP contribution in [-0.2, 0) is 17.6 Å². The zero-order valence-electron chi connectivity index (χ0n) is 10.3. The topological polar surface area (TPSA) is 66.1 Å². The highest BCUT2D eigenvalue weighted by Crippen LogP contribution is 2.22. The van der Waals surface area contributed by atoms with E-state index in [1.54, 1.807) is 16.2 Å². The Balaban J connectivity index is 1.89. The van der Waals surface area contributed by atoms with Gasteiger partial charge in [-0.3, -0.25) is 14.5 Å². The van der Waals surface area contributed by atoms with Crippen molar-refractivity contribution in [1.29, 1.82) is 0 Å². The zero-order valence-corrected chi connectivity index (χ0v) is 11.1. The second-order valence-corrected chi connectivity index (χ2v) is 5.27. The Morgan fingerprint density at radius 1 is 1.53 bits per heavy atom. The van der Waals surface area contributed by atoms with E-state index in [-0.39, 0.29) is 11.5 Å². The molecule has 0 saturated carbocycles. The van der Waals surface area contributed by atoms with Crippen LogP contribution < -0.4 is 10.5 Å². The molecule has 1 aliphatic rings. The molecule has 0 fully saturated rings. The summed E-state index contributed by atoms with van der Waals surface area (Å²) in [7, 11) is 0. The van der Waals surface area contributed by atoms with E-state index in [4.69, 9.17) is 0 Å². The molecule has 0 bridgehead atoms. The molecular weight excluding hydrogens is 262 g/mol. The number of thiophene rings is 1. The largest absolute Gasteiger partial charge is 0.313 e. The molecule has 0 aliphatic carbocycles. The van der Waals surface area contributed by atoms with Gasteiger partial charge in [-0.15, -0.1) is 0 Å². The third-order valence-corrected chi connectivity index (χ3v) is 3.96. The van der Waals surface area contributed by atoms with Crippen molar-refractivity contribution in [3.05, 3.63) is 44.6 Å². The first-order chi connectivity index (χ1) is 9.25. The van der Waals surface area contributed by atoms with Gasteiger partial charge in [0.1, 0.15) is 5.82 Å². The smallest absolute Gasteiger partial charge is 0.256 e. The van der Waals surface area contributed by atoms with Gasteiger partial charge in [0.15, 0.2) is 0 Å². The fourth-order valence-corrected chi connectivity index (χ4v) is 2.97. The van der Waals surface area contributed by atoms with Crippen molar-refractivity contribution < 1.29 is 4.79 Å². The van der Waals surface area contributed by atoms with Gasteiger partial charge in [0, 0.05) is 6.54 Å². The third-order valence-electron chi connectivity index (χ3n) is 3.23. The van der Waals surface area contributed by atoms with Crippen molar-refractivity contribution >= 4 is 23.1 Å². The molecule has 2 aromatic rings. The second kappa shape index (κ2) is 4.97. The number of hydrogen-bond donors (Lipinski definition) is 1. The molecule has 0 atom stereocenters. The van der Waals surface area contributed by atoms with Gasteiger partial charge < -0.3 is 4.98 Å². The van der Waals surface area contributed by atoms with Gasteiger partial charge in [0.05, 0.1) is 18.3 Å². The SMILES string of the molecule is O=C(Cc1ccsc1)N1CCCc2c1nc[nH]c2=O. The van der Waals surface area contributed by atoms with Gasteiger partial charge in [-0.05, 0) is 35.2 Å². The number of nitrogens with zero attached hydrogens (tertiary/aromatic N) is 2. The second-order valence-electron chi connectivity index (χ2n) is 4.49. The van der Waals surface area contributed by atoms with E-state index in [1.807, 2.05) is 16.8 Å². The molecule has 1 aliphatic heterocycles. The van der Waals surface area contributed by atoms with E-state index in [1.165, 1.54) is 6.33 Å². The Kier molecular flexibility index (Phi) is 3.16. The van der Waals surface area contributed by atoms with Crippen LogP contribution in [0.1, 0.15) is 17.5 Å². The van der Waals surface area contributed by atoms with Crippen molar-refractivity contribution in [1.82, 2.24) is 9.97 Å². The first-order valence-electron chi connectivity index (χ1n) is 6.13. The lowest BCUT2D eigenvalue weighted by molar-refractivity contribution is -0.118. The lowest BCUT2D eigenvalue weighted by Gasteiger charge is -2.27. The number of H-pyrrole nitrogens is 1. The molecule has 19 heavy (non-hydrogen) atoms. The molecule has 1 amide bonds. The summed E-state index contributed by atoms with van der Waals surface area (Å²) in [6.07, 6.45) is 3.20. The highest BCUT2D eigenvalue weighted by atomic mass is 32.1. The van der Waals surface area contributed by atoms with Crippen molar-refractivity contribution in [3.63, 3.8) is 0 Å². The summed E-state index contributed by atoms with van der Waals surface area (Å²) >= 11 is 1.57. The molecule has 0 unspecified atom stereocenters. The molecule has 3 heterocycles. The summed E-state index contributed by atoms with van der Waals surface area (Å²) < 4.78 is 0. The van der Waals surface area contributed by atoms with Crippen molar-refractivity contribution in [2.75, 3.05) is 11.4 Å². The minimum absolute atomic E-state index is 0.00236. The quantitative estimate of drug-likeness (QED) is 0.899. The molecule has 1 N–H and O–H groups in total. The van der Waals surface area contributed by atoms with Crippen LogP contribution in [0.15, 0.2) is 27.9 Å².